The van der Waals surface area contributed by atoms with Crippen molar-refractivity contribution in [1.29, 1.82) is 0 Å². The minimum Gasteiger partial charge on any atom is -0.494 e. The number of unbranched alkanes of at least 4 members (excludes halogenated alkanes) is 1. The summed E-state index contributed by atoms with van der Waals surface area (Å²) in [5.74, 6) is 0.776. The Kier molecular flexibility index (Phi) is 11.0. The Balaban J connectivity index is 1.74. The summed E-state index contributed by atoms with van der Waals surface area (Å²) < 4.78 is 16.7. The Bertz CT molecular complexity index is 1070. The summed E-state index contributed by atoms with van der Waals surface area (Å²) in [6, 6.07) is 12.9. The number of carbonyl (C=O) groups is 2. The van der Waals surface area contributed by atoms with Crippen LogP contribution in [-0.4, -0.2) is 48.2 Å². The number of methoxy groups -OCH3 is 1. The molecule has 3 N–H and O–H groups in total. The molecule has 2 aromatic carbocycles. The number of nitrogens with two attached hydrogens (primary N) is 1. The molecule has 0 aromatic heterocycles. The van der Waals surface area contributed by atoms with Crippen LogP contribution in [0.15, 0.2) is 42.5 Å². The summed E-state index contributed by atoms with van der Waals surface area (Å²) in [5.41, 5.74) is 6.63. The Hall–Kier alpha value is -3.33. The average Bonchev–Trinajstić information content (AvgIpc) is 2.91. The van der Waals surface area contributed by atoms with Crippen LogP contribution in [0.25, 0.3) is 0 Å². The van der Waals surface area contributed by atoms with Gasteiger partial charge in [0.15, 0.2) is 23.2 Å². The third-order valence-electron chi connectivity index (χ3n) is 6.31. The Morgan fingerprint density at radius 3 is 2.57 bits per heavy atom. The number of primary amides is 1. The molecule has 37 heavy (non-hydrogen) atoms. The predicted molar refractivity (Wildman–Crippen MR) is 147 cm³/mol. The molecule has 0 spiro atoms. The molecule has 1 aliphatic carbocycles. The highest BCUT2D eigenvalue weighted by molar-refractivity contribution is 7.80. The Morgan fingerprint density at radius 1 is 1.08 bits per heavy atom. The number of benzene rings is 2. The highest BCUT2D eigenvalue weighted by Crippen LogP contribution is 2.30. The lowest BCUT2D eigenvalue weighted by Gasteiger charge is -2.36. The first-order valence-electron chi connectivity index (χ1n) is 12.8. The second-order valence-corrected chi connectivity index (χ2v) is 9.54. The Labute approximate surface area is 224 Å². The van der Waals surface area contributed by atoms with Crippen LogP contribution < -0.4 is 25.3 Å². The second kappa shape index (κ2) is 14.4. The van der Waals surface area contributed by atoms with Gasteiger partial charge in [0.05, 0.1) is 13.7 Å². The van der Waals surface area contributed by atoms with Crippen LogP contribution in [0, 0.1) is 0 Å². The molecule has 1 fully saturated rings. The van der Waals surface area contributed by atoms with Crippen molar-refractivity contribution < 1.29 is 23.8 Å². The third-order valence-corrected chi connectivity index (χ3v) is 6.65. The predicted octanol–water partition coefficient (Wildman–Crippen LogP) is 4.59. The molecule has 0 heterocycles. The SMILES string of the molecule is CCCCOc1cccc(C(=O)NC(=S)N(Cc2ccc(OCC(N)=O)c(OC)c2)C2CCCCC2)c1. The minimum absolute atomic E-state index is 0.224. The number of nitrogens with one attached hydrogen (secondary N) is 1. The summed E-state index contributed by atoms with van der Waals surface area (Å²) >= 11 is 5.76. The van der Waals surface area contributed by atoms with E-state index in [0.717, 1.165) is 44.1 Å². The molecular formula is C28H37N3O5S. The summed E-state index contributed by atoms with van der Waals surface area (Å²) in [5, 5.41) is 3.33. The fourth-order valence-electron chi connectivity index (χ4n) is 4.34. The molecule has 0 unspecified atom stereocenters. The van der Waals surface area contributed by atoms with Gasteiger partial charge in [0.1, 0.15) is 5.75 Å². The van der Waals surface area contributed by atoms with E-state index in [0.29, 0.717) is 41.1 Å². The van der Waals surface area contributed by atoms with Crippen LogP contribution in [0.4, 0.5) is 0 Å². The summed E-state index contributed by atoms with van der Waals surface area (Å²) in [6.07, 6.45) is 7.46. The van der Waals surface area contributed by atoms with E-state index < -0.39 is 5.91 Å². The quantitative estimate of drug-likeness (QED) is 0.307. The highest BCUT2D eigenvalue weighted by atomic mass is 32.1. The van der Waals surface area contributed by atoms with E-state index in [4.69, 9.17) is 32.2 Å². The van der Waals surface area contributed by atoms with Gasteiger partial charge in [-0.3, -0.25) is 14.9 Å². The lowest BCUT2D eigenvalue weighted by atomic mass is 9.94. The highest BCUT2D eigenvalue weighted by Gasteiger charge is 2.25. The third kappa shape index (κ3) is 8.63. The fourth-order valence-corrected chi connectivity index (χ4v) is 4.64. The molecule has 2 aromatic rings. The van der Waals surface area contributed by atoms with Gasteiger partial charge in [-0.2, -0.15) is 0 Å². The molecule has 1 saturated carbocycles. The molecule has 2 amide bonds. The molecular weight excluding hydrogens is 490 g/mol. The van der Waals surface area contributed by atoms with E-state index in [1.54, 1.807) is 25.3 Å². The van der Waals surface area contributed by atoms with E-state index in [2.05, 4.69) is 17.1 Å². The number of hydrogen-bond donors (Lipinski definition) is 2. The van der Waals surface area contributed by atoms with Crippen LogP contribution >= 0.6 is 12.2 Å². The molecule has 0 atom stereocenters. The van der Waals surface area contributed by atoms with Gasteiger partial charge in [0.2, 0.25) is 0 Å². The first kappa shape index (κ1) is 28.2. The maximum absolute atomic E-state index is 13.1. The number of nitrogens with zero attached hydrogens (tertiary/aromatic N) is 1. The van der Waals surface area contributed by atoms with Gasteiger partial charge < -0.3 is 24.8 Å². The first-order valence-corrected chi connectivity index (χ1v) is 13.2. The summed E-state index contributed by atoms with van der Waals surface area (Å²) in [4.78, 5) is 26.3. The number of rotatable bonds is 12. The van der Waals surface area contributed by atoms with Crippen LogP contribution in [0.1, 0.15) is 67.8 Å². The average molecular weight is 528 g/mol. The van der Waals surface area contributed by atoms with Gasteiger partial charge in [-0.15, -0.1) is 0 Å². The minimum atomic E-state index is -0.561. The van der Waals surface area contributed by atoms with Crippen molar-refractivity contribution in [3.05, 3.63) is 53.6 Å². The van der Waals surface area contributed by atoms with Gasteiger partial charge in [0, 0.05) is 18.2 Å². The van der Waals surface area contributed by atoms with Crippen molar-refractivity contribution in [1.82, 2.24) is 10.2 Å². The van der Waals surface area contributed by atoms with Crippen molar-refractivity contribution in [2.24, 2.45) is 5.73 Å². The standard InChI is InChI=1S/C28H37N3O5S/c1-3-4-15-35-23-12-8-9-21(17-23)27(33)30-28(37)31(22-10-6-5-7-11-22)18-20-13-14-24(25(16-20)34-2)36-19-26(29)32/h8-9,12-14,16-17,22H,3-7,10-11,15,18-19H2,1-2H3,(H2,29,32)(H,30,33,37). The van der Waals surface area contributed by atoms with Crippen LogP contribution in [0.3, 0.4) is 0 Å². The molecule has 1 aliphatic rings. The summed E-state index contributed by atoms with van der Waals surface area (Å²) in [7, 11) is 1.54. The number of thiocarbonyl (C=S) groups is 1. The van der Waals surface area contributed by atoms with E-state index in [1.165, 1.54) is 6.42 Å². The maximum Gasteiger partial charge on any atom is 0.257 e. The van der Waals surface area contributed by atoms with Gasteiger partial charge in [0.25, 0.3) is 11.8 Å². The first-order chi connectivity index (χ1) is 17.9. The number of amides is 2. The number of ether oxygens (including phenoxy) is 3. The molecule has 9 heteroatoms. The molecule has 0 aliphatic heterocycles. The van der Waals surface area contributed by atoms with E-state index in [1.807, 2.05) is 24.3 Å². The topological polar surface area (TPSA) is 103 Å². The largest absolute Gasteiger partial charge is 0.494 e. The zero-order valence-corrected chi connectivity index (χ0v) is 22.5. The van der Waals surface area contributed by atoms with Crippen molar-refractivity contribution in [3.8, 4) is 17.2 Å². The van der Waals surface area contributed by atoms with Crippen LogP contribution in [0.5, 0.6) is 17.2 Å². The van der Waals surface area contributed by atoms with Gasteiger partial charge in [-0.05, 0) is 67.4 Å². The number of hydrogen-bond acceptors (Lipinski definition) is 6. The fraction of sp³-hybridized carbons (Fsp3) is 0.464. The van der Waals surface area contributed by atoms with Gasteiger partial charge >= 0.3 is 0 Å². The molecule has 0 radical (unpaired) electrons. The van der Waals surface area contributed by atoms with Crippen molar-refractivity contribution >= 4 is 29.1 Å². The molecule has 200 valence electrons. The van der Waals surface area contributed by atoms with Crippen molar-refractivity contribution in [2.75, 3.05) is 20.3 Å². The van der Waals surface area contributed by atoms with Crippen LogP contribution in [0.2, 0.25) is 0 Å². The molecule has 0 bridgehead atoms. The number of carbonyl (C=O) groups excluding carboxylic acids is 2. The monoisotopic (exact) mass is 527 g/mol. The molecule has 3 rings (SSSR count). The van der Waals surface area contributed by atoms with Crippen molar-refractivity contribution in [3.63, 3.8) is 0 Å². The second-order valence-electron chi connectivity index (χ2n) is 9.15. The zero-order chi connectivity index (χ0) is 26.6. The van der Waals surface area contributed by atoms with E-state index >= 15 is 0 Å². The van der Waals surface area contributed by atoms with E-state index in [-0.39, 0.29) is 18.6 Å². The molecule has 8 nitrogen and oxygen atoms in total. The van der Waals surface area contributed by atoms with Crippen molar-refractivity contribution in [2.45, 2.75) is 64.5 Å². The molecule has 0 saturated heterocycles. The summed E-state index contributed by atoms with van der Waals surface area (Å²) in [6.45, 7) is 2.99. The smallest absolute Gasteiger partial charge is 0.257 e. The lowest BCUT2D eigenvalue weighted by Crippen LogP contribution is -2.48. The Morgan fingerprint density at radius 2 is 1.86 bits per heavy atom. The van der Waals surface area contributed by atoms with Gasteiger partial charge in [-0.25, -0.2) is 0 Å². The van der Waals surface area contributed by atoms with Gasteiger partial charge in [-0.1, -0.05) is 44.7 Å². The van der Waals surface area contributed by atoms with Crippen LogP contribution in [-0.2, 0) is 11.3 Å². The lowest BCUT2D eigenvalue weighted by molar-refractivity contribution is -0.119. The normalized spacial score (nSPS) is 13.5. The van der Waals surface area contributed by atoms with E-state index in [9.17, 15) is 9.59 Å². The zero-order valence-electron chi connectivity index (χ0n) is 21.7. The maximum atomic E-state index is 13.1.